The number of anilines is 1. The van der Waals surface area contributed by atoms with E-state index >= 15 is 0 Å². The van der Waals surface area contributed by atoms with E-state index in [9.17, 15) is 4.79 Å². The molecule has 2 heterocycles. The third-order valence-corrected chi connectivity index (χ3v) is 4.14. The molecule has 98 valence electrons. The van der Waals surface area contributed by atoms with Crippen molar-refractivity contribution in [2.45, 2.75) is 18.9 Å². The highest BCUT2D eigenvalue weighted by molar-refractivity contribution is 7.99. The molecule has 0 radical (unpaired) electrons. The van der Waals surface area contributed by atoms with Crippen LogP contribution in [0.5, 0.6) is 0 Å². The van der Waals surface area contributed by atoms with Crippen LogP contribution in [-0.2, 0) is 0 Å². The zero-order valence-corrected chi connectivity index (χ0v) is 11.7. The third-order valence-electron chi connectivity index (χ3n) is 2.93. The van der Waals surface area contributed by atoms with Gasteiger partial charge in [0, 0.05) is 32.1 Å². The van der Waals surface area contributed by atoms with Gasteiger partial charge in [-0.25, -0.2) is 4.98 Å². The first-order chi connectivity index (χ1) is 8.66. The molecule has 0 aliphatic carbocycles. The Morgan fingerprint density at radius 3 is 2.89 bits per heavy atom. The normalized spacial score (nSPS) is 19.3. The molecular weight excluding hydrogens is 246 g/mol. The van der Waals surface area contributed by atoms with Crippen molar-refractivity contribution in [2.24, 2.45) is 0 Å². The Balaban J connectivity index is 1.96. The Morgan fingerprint density at radius 2 is 2.33 bits per heavy atom. The van der Waals surface area contributed by atoms with Crippen molar-refractivity contribution in [3.8, 4) is 0 Å². The van der Waals surface area contributed by atoms with Crippen molar-refractivity contribution >= 4 is 23.5 Å². The highest BCUT2D eigenvalue weighted by Gasteiger charge is 2.14. The Kier molecular flexibility index (Phi) is 4.47. The number of aromatic nitrogens is 1. The number of carbonyl (C=O) groups excluding carboxylic acids is 1. The van der Waals surface area contributed by atoms with E-state index in [1.807, 2.05) is 23.9 Å². The molecule has 1 N–H and O–H groups in total. The van der Waals surface area contributed by atoms with Crippen molar-refractivity contribution in [3.63, 3.8) is 0 Å². The molecule has 0 spiro atoms. The Labute approximate surface area is 112 Å². The number of carbonyl (C=O) groups is 1. The van der Waals surface area contributed by atoms with E-state index in [2.05, 4.69) is 10.3 Å². The number of thioether (sulfide) groups is 1. The number of pyridine rings is 1. The fraction of sp³-hybridized carbons (Fsp3) is 0.538. The van der Waals surface area contributed by atoms with E-state index in [0.717, 1.165) is 11.6 Å². The van der Waals surface area contributed by atoms with Crippen LogP contribution in [0.1, 0.15) is 23.2 Å². The topological polar surface area (TPSA) is 45.2 Å². The summed E-state index contributed by atoms with van der Waals surface area (Å²) < 4.78 is 0. The first kappa shape index (κ1) is 13.2. The average molecular weight is 265 g/mol. The monoisotopic (exact) mass is 265 g/mol. The summed E-state index contributed by atoms with van der Waals surface area (Å²) in [6.45, 7) is 0. The maximum Gasteiger partial charge on any atom is 0.254 e. The Hall–Kier alpha value is -1.23. The van der Waals surface area contributed by atoms with Crippen LogP contribution in [0, 0.1) is 0 Å². The molecule has 1 amide bonds. The van der Waals surface area contributed by atoms with Gasteiger partial charge in [0.1, 0.15) is 5.82 Å². The molecule has 0 aromatic carbocycles. The fourth-order valence-electron chi connectivity index (χ4n) is 1.93. The molecule has 2 rings (SSSR count). The molecule has 18 heavy (non-hydrogen) atoms. The number of rotatable bonds is 3. The van der Waals surface area contributed by atoms with Gasteiger partial charge in [-0.05, 0) is 30.7 Å². The first-order valence-electron chi connectivity index (χ1n) is 6.19. The molecule has 1 aromatic heterocycles. The van der Waals surface area contributed by atoms with Crippen LogP contribution in [0.2, 0.25) is 0 Å². The lowest BCUT2D eigenvalue weighted by atomic mass is 10.2. The summed E-state index contributed by atoms with van der Waals surface area (Å²) in [5.41, 5.74) is 0.628. The van der Waals surface area contributed by atoms with Crippen LogP contribution in [0.25, 0.3) is 0 Å². The Morgan fingerprint density at radius 1 is 1.50 bits per heavy atom. The average Bonchev–Trinajstić information content (AvgIpc) is 2.40. The van der Waals surface area contributed by atoms with Gasteiger partial charge in [-0.1, -0.05) is 0 Å². The molecule has 1 fully saturated rings. The van der Waals surface area contributed by atoms with Crippen molar-refractivity contribution in [1.82, 2.24) is 9.88 Å². The van der Waals surface area contributed by atoms with Gasteiger partial charge < -0.3 is 10.2 Å². The van der Waals surface area contributed by atoms with E-state index in [-0.39, 0.29) is 5.91 Å². The minimum absolute atomic E-state index is 0.0118. The molecule has 0 saturated carbocycles. The minimum atomic E-state index is -0.0118. The second-order valence-electron chi connectivity index (χ2n) is 4.69. The summed E-state index contributed by atoms with van der Waals surface area (Å²) in [7, 11) is 3.49. The second kappa shape index (κ2) is 6.09. The predicted octanol–water partition coefficient (Wildman–Crippen LogP) is 2.09. The zero-order valence-electron chi connectivity index (χ0n) is 10.8. The van der Waals surface area contributed by atoms with Gasteiger partial charge in [-0.2, -0.15) is 11.8 Å². The van der Waals surface area contributed by atoms with Crippen LogP contribution in [0.3, 0.4) is 0 Å². The molecule has 4 nitrogen and oxygen atoms in total. The quantitative estimate of drug-likeness (QED) is 0.909. The van der Waals surface area contributed by atoms with Crippen LogP contribution in [0.15, 0.2) is 18.3 Å². The van der Waals surface area contributed by atoms with Gasteiger partial charge in [0.2, 0.25) is 0 Å². The highest BCUT2D eigenvalue weighted by Crippen LogP contribution is 2.20. The van der Waals surface area contributed by atoms with Gasteiger partial charge in [0.05, 0.1) is 5.56 Å². The SMILES string of the molecule is CN(C)C(=O)c1ccc(NC2CCCSC2)nc1. The summed E-state index contributed by atoms with van der Waals surface area (Å²) in [6, 6.07) is 4.22. The molecule has 1 aromatic rings. The Bertz CT molecular complexity index is 399. The maximum atomic E-state index is 11.7. The number of hydrogen-bond acceptors (Lipinski definition) is 4. The van der Waals surface area contributed by atoms with Crippen LogP contribution < -0.4 is 5.32 Å². The van der Waals surface area contributed by atoms with Crippen molar-refractivity contribution < 1.29 is 4.79 Å². The number of hydrogen-bond donors (Lipinski definition) is 1. The van der Waals surface area contributed by atoms with Crippen molar-refractivity contribution in [1.29, 1.82) is 0 Å². The fourth-order valence-corrected chi connectivity index (χ4v) is 3.00. The summed E-state index contributed by atoms with van der Waals surface area (Å²) >= 11 is 1.98. The summed E-state index contributed by atoms with van der Waals surface area (Å²) in [5, 5.41) is 3.42. The number of nitrogens with one attached hydrogen (secondary N) is 1. The molecular formula is C13H19N3OS. The maximum absolute atomic E-state index is 11.7. The van der Waals surface area contributed by atoms with Gasteiger partial charge in [-0.15, -0.1) is 0 Å². The summed E-state index contributed by atoms with van der Waals surface area (Å²) in [6.07, 6.45) is 4.10. The third kappa shape index (κ3) is 3.38. The highest BCUT2D eigenvalue weighted by atomic mass is 32.2. The smallest absolute Gasteiger partial charge is 0.254 e. The molecule has 0 bridgehead atoms. The van der Waals surface area contributed by atoms with E-state index in [1.165, 1.54) is 18.6 Å². The van der Waals surface area contributed by atoms with E-state index in [4.69, 9.17) is 0 Å². The van der Waals surface area contributed by atoms with Gasteiger partial charge in [-0.3, -0.25) is 4.79 Å². The lowest BCUT2D eigenvalue weighted by Crippen LogP contribution is -2.26. The molecule has 1 atom stereocenters. The molecule has 1 saturated heterocycles. The van der Waals surface area contributed by atoms with Crippen molar-refractivity contribution in [2.75, 3.05) is 30.9 Å². The van der Waals surface area contributed by atoms with Gasteiger partial charge in [0.15, 0.2) is 0 Å². The summed E-state index contributed by atoms with van der Waals surface area (Å²) in [5.74, 6) is 3.25. The molecule has 1 unspecified atom stereocenters. The number of nitrogens with zero attached hydrogens (tertiary/aromatic N) is 2. The standard InChI is InChI=1S/C13H19N3OS/c1-16(2)13(17)10-5-6-12(14-8-10)15-11-4-3-7-18-9-11/h5-6,8,11H,3-4,7,9H2,1-2H3,(H,14,15). The summed E-state index contributed by atoms with van der Waals surface area (Å²) in [4.78, 5) is 17.6. The molecule has 1 aliphatic rings. The van der Waals surface area contributed by atoms with Gasteiger partial charge >= 0.3 is 0 Å². The predicted molar refractivity (Wildman–Crippen MR) is 76.2 cm³/mol. The van der Waals surface area contributed by atoms with E-state index in [1.54, 1.807) is 25.2 Å². The minimum Gasteiger partial charge on any atom is -0.367 e. The lowest BCUT2D eigenvalue weighted by Gasteiger charge is -2.23. The second-order valence-corrected chi connectivity index (χ2v) is 5.84. The van der Waals surface area contributed by atoms with Crippen LogP contribution >= 0.6 is 11.8 Å². The first-order valence-corrected chi connectivity index (χ1v) is 7.34. The molecule has 5 heteroatoms. The van der Waals surface area contributed by atoms with E-state index < -0.39 is 0 Å². The lowest BCUT2D eigenvalue weighted by molar-refractivity contribution is 0.0827. The van der Waals surface area contributed by atoms with E-state index in [0.29, 0.717) is 11.6 Å². The number of amides is 1. The largest absolute Gasteiger partial charge is 0.367 e. The molecule has 1 aliphatic heterocycles. The van der Waals surface area contributed by atoms with Gasteiger partial charge in [0.25, 0.3) is 5.91 Å². The van der Waals surface area contributed by atoms with Crippen LogP contribution in [0.4, 0.5) is 5.82 Å². The van der Waals surface area contributed by atoms with Crippen LogP contribution in [-0.4, -0.2) is 47.4 Å². The zero-order chi connectivity index (χ0) is 13.0. The van der Waals surface area contributed by atoms with Crippen molar-refractivity contribution in [3.05, 3.63) is 23.9 Å².